The highest BCUT2D eigenvalue weighted by atomic mass is 16.3. The molecule has 25 heavy (non-hydrogen) atoms. The molecule has 1 aromatic heterocycles. The average molecular weight is 341 g/mol. The average Bonchev–Trinajstić information content (AvgIpc) is 3.23. The van der Waals surface area contributed by atoms with Crippen LogP contribution >= 0.6 is 0 Å². The van der Waals surface area contributed by atoms with Crippen molar-refractivity contribution in [1.82, 2.24) is 10.2 Å². The molecule has 2 aromatic rings. The standard InChI is InChI=1S/C19H23N3O3/c1-13-9-14(2)11-15(10-13)21-19(24)22-7-3-6-17(22)18(23)20-12-16-5-4-8-25-16/h4-5,8-11,17H,3,6-7,12H2,1-2H3,(H,20,23)(H,21,24)/t17-/m1/s1. The minimum absolute atomic E-state index is 0.149. The minimum Gasteiger partial charge on any atom is -0.467 e. The second-order valence-electron chi connectivity index (χ2n) is 6.46. The lowest BCUT2D eigenvalue weighted by Crippen LogP contribution is -2.47. The lowest BCUT2D eigenvalue weighted by molar-refractivity contribution is -0.124. The van der Waals surface area contributed by atoms with Crippen molar-refractivity contribution in [1.29, 1.82) is 0 Å². The minimum atomic E-state index is -0.444. The van der Waals surface area contributed by atoms with Gasteiger partial charge in [0, 0.05) is 12.2 Å². The van der Waals surface area contributed by atoms with Gasteiger partial charge in [-0.25, -0.2) is 4.79 Å². The van der Waals surface area contributed by atoms with E-state index in [9.17, 15) is 9.59 Å². The Hall–Kier alpha value is -2.76. The monoisotopic (exact) mass is 341 g/mol. The first-order valence-electron chi connectivity index (χ1n) is 8.49. The summed E-state index contributed by atoms with van der Waals surface area (Å²) in [4.78, 5) is 26.6. The van der Waals surface area contributed by atoms with Crippen LogP contribution in [0.5, 0.6) is 0 Å². The molecule has 3 rings (SSSR count). The third-order valence-corrected chi connectivity index (χ3v) is 4.31. The van der Waals surface area contributed by atoms with E-state index in [4.69, 9.17) is 4.42 Å². The molecule has 2 N–H and O–H groups in total. The number of amides is 3. The Labute approximate surface area is 147 Å². The third-order valence-electron chi connectivity index (χ3n) is 4.31. The summed E-state index contributed by atoms with van der Waals surface area (Å²) in [7, 11) is 0. The molecule has 6 nitrogen and oxygen atoms in total. The third kappa shape index (κ3) is 4.21. The molecule has 2 heterocycles. The summed E-state index contributed by atoms with van der Waals surface area (Å²) >= 11 is 0. The quantitative estimate of drug-likeness (QED) is 0.897. The molecule has 1 aliphatic rings. The molecule has 132 valence electrons. The summed E-state index contributed by atoms with van der Waals surface area (Å²) in [5.74, 6) is 0.544. The van der Waals surface area contributed by atoms with Gasteiger partial charge in [-0.1, -0.05) is 6.07 Å². The van der Waals surface area contributed by atoms with Crippen molar-refractivity contribution < 1.29 is 14.0 Å². The van der Waals surface area contributed by atoms with Gasteiger partial charge in [0.15, 0.2) is 0 Å². The molecule has 0 saturated carbocycles. The van der Waals surface area contributed by atoms with Crippen molar-refractivity contribution >= 4 is 17.6 Å². The Morgan fingerprint density at radius 3 is 2.68 bits per heavy atom. The van der Waals surface area contributed by atoms with Gasteiger partial charge in [-0.2, -0.15) is 0 Å². The molecular weight excluding hydrogens is 318 g/mol. The summed E-state index contributed by atoms with van der Waals surface area (Å²) in [6.07, 6.45) is 3.06. The molecule has 0 aliphatic carbocycles. The first-order chi connectivity index (χ1) is 12.0. The maximum Gasteiger partial charge on any atom is 0.322 e. The van der Waals surface area contributed by atoms with Crippen LogP contribution in [-0.4, -0.2) is 29.4 Å². The number of carbonyl (C=O) groups excluding carboxylic acids is 2. The van der Waals surface area contributed by atoms with Gasteiger partial charge in [-0.05, 0) is 62.1 Å². The predicted octanol–water partition coefficient (Wildman–Crippen LogP) is 3.21. The summed E-state index contributed by atoms with van der Waals surface area (Å²) < 4.78 is 5.21. The van der Waals surface area contributed by atoms with E-state index in [2.05, 4.69) is 16.7 Å². The molecule has 0 radical (unpaired) electrons. The van der Waals surface area contributed by atoms with Gasteiger partial charge in [-0.15, -0.1) is 0 Å². The number of aryl methyl sites for hydroxylation is 2. The molecule has 0 unspecified atom stereocenters. The Kier molecular flexibility index (Phi) is 5.07. The number of furan rings is 1. The number of carbonyl (C=O) groups is 2. The topological polar surface area (TPSA) is 74.6 Å². The zero-order valence-corrected chi connectivity index (χ0v) is 14.5. The highest BCUT2D eigenvalue weighted by Gasteiger charge is 2.34. The van der Waals surface area contributed by atoms with Crippen LogP contribution in [0.15, 0.2) is 41.0 Å². The van der Waals surface area contributed by atoms with Gasteiger partial charge in [-0.3, -0.25) is 4.79 Å². The first-order valence-corrected chi connectivity index (χ1v) is 8.49. The number of rotatable bonds is 4. The summed E-state index contributed by atoms with van der Waals surface area (Å²) in [5.41, 5.74) is 2.93. The van der Waals surface area contributed by atoms with Crippen molar-refractivity contribution in [2.45, 2.75) is 39.3 Å². The van der Waals surface area contributed by atoms with E-state index in [1.54, 1.807) is 23.3 Å². The van der Waals surface area contributed by atoms with Crippen molar-refractivity contribution in [3.63, 3.8) is 0 Å². The number of nitrogens with zero attached hydrogens (tertiary/aromatic N) is 1. The molecule has 1 atom stereocenters. The zero-order chi connectivity index (χ0) is 17.8. The molecule has 1 aliphatic heterocycles. The van der Waals surface area contributed by atoms with E-state index in [1.165, 1.54) is 0 Å². The van der Waals surface area contributed by atoms with Crippen molar-refractivity contribution in [2.75, 3.05) is 11.9 Å². The molecule has 0 bridgehead atoms. The van der Waals surface area contributed by atoms with E-state index < -0.39 is 6.04 Å². The fourth-order valence-corrected chi connectivity index (χ4v) is 3.23. The maximum absolute atomic E-state index is 12.6. The normalized spacial score (nSPS) is 16.7. The summed E-state index contributed by atoms with van der Waals surface area (Å²) in [6, 6.07) is 8.80. The van der Waals surface area contributed by atoms with Gasteiger partial charge in [0.25, 0.3) is 0 Å². The van der Waals surface area contributed by atoms with Crippen LogP contribution in [0.25, 0.3) is 0 Å². The molecule has 6 heteroatoms. The van der Waals surface area contributed by atoms with Crippen LogP contribution in [0.4, 0.5) is 10.5 Å². The lowest BCUT2D eigenvalue weighted by atomic mass is 10.1. The number of benzene rings is 1. The van der Waals surface area contributed by atoms with Crippen molar-refractivity contribution in [3.05, 3.63) is 53.5 Å². The predicted molar refractivity (Wildman–Crippen MR) is 95.2 cm³/mol. The number of urea groups is 1. The molecule has 0 spiro atoms. The van der Waals surface area contributed by atoms with Crippen molar-refractivity contribution in [3.8, 4) is 0 Å². The number of nitrogens with one attached hydrogen (secondary N) is 2. The van der Waals surface area contributed by atoms with Crippen LogP contribution in [-0.2, 0) is 11.3 Å². The van der Waals surface area contributed by atoms with Crippen LogP contribution in [0, 0.1) is 13.8 Å². The Morgan fingerprint density at radius 1 is 1.24 bits per heavy atom. The molecule has 1 saturated heterocycles. The Bertz CT molecular complexity index is 735. The zero-order valence-electron chi connectivity index (χ0n) is 14.5. The summed E-state index contributed by atoms with van der Waals surface area (Å²) in [5, 5.41) is 5.75. The van der Waals surface area contributed by atoms with Crippen molar-refractivity contribution in [2.24, 2.45) is 0 Å². The number of hydrogen-bond acceptors (Lipinski definition) is 3. The maximum atomic E-state index is 12.6. The van der Waals surface area contributed by atoms with Gasteiger partial charge >= 0.3 is 6.03 Å². The second kappa shape index (κ2) is 7.42. The molecule has 1 fully saturated rings. The van der Waals surface area contributed by atoms with E-state index in [0.717, 1.165) is 23.2 Å². The van der Waals surface area contributed by atoms with Crippen LogP contribution in [0.1, 0.15) is 29.7 Å². The first kappa shape index (κ1) is 17.1. The van der Waals surface area contributed by atoms with Crippen LogP contribution < -0.4 is 10.6 Å². The van der Waals surface area contributed by atoms with E-state index in [1.807, 2.05) is 26.0 Å². The van der Waals surface area contributed by atoms with E-state index in [0.29, 0.717) is 25.3 Å². The highest BCUT2D eigenvalue weighted by molar-refractivity contribution is 5.94. The van der Waals surface area contributed by atoms with Crippen LogP contribution in [0.2, 0.25) is 0 Å². The van der Waals surface area contributed by atoms with Gasteiger partial charge in [0.1, 0.15) is 11.8 Å². The van der Waals surface area contributed by atoms with E-state index >= 15 is 0 Å². The number of likely N-dealkylation sites (tertiary alicyclic amines) is 1. The smallest absolute Gasteiger partial charge is 0.322 e. The highest BCUT2D eigenvalue weighted by Crippen LogP contribution is 2.20. The lowest BCUT2D eigenvalue weighted by Gasteiger charge is -2.24. The number of hydrogen-bond donors (Lipinski definition) is 2. The summed E-state index contributed by atoms with van der Waals surface area (Å²) in [6.45, 7) is 4.89. The SMILES string of the molecule is Cc1cc(C)cc(NC(=O)N2CCC[C@@H]2C(=O)NCc2ccco2)c1. The largest absolute Gasteiger partial charge is 0.467 e. The molecule has 3 amide bonds. The number of anilines is 1. The fourth-order valence-electron chi connectivity index (χ4n) is 3.23. The van der Waals surface area contributed by atoms with Crippen LogP contribution in [0.3, 0.4) is 0 Å². The second-order valence-corrected chi connectivity index (χ2v) is 6.46. The fraction of sp³-hybridized carbons (Fsp3) is 0.368. The molecular formula is C19H23N3O3. The van der Waals surface area contributed by atoms with E-state index in [-0.39, 0.29) is 11.9 Å². The van der Waals surface area contributed by atoms with Gasteiger partial charge in [0.05, 0.1) is 12.8 Å². The molecule has 1 aromatic carbocycles. The Morgan fingerprint density at radius 2 is 2.00 bits per heavy atom. The Balaban J connectivity index is 1.61. The van der Waals surface area contributed by atoms with Gasteiger partial charge in [0.2, 0.25) is 5.91 Å². The van der Waals surface area contributed by atoms with Gasteiger partial charge < -0.3 is 20.0 Å².